The lowest BCUT2D eigenvalue weighted by Gasteiger charge is -2.41. The van der Waals surface area contributed by atoms with Crippen molar-refractivity contribution >= 4 is 5.91 Å². The predicted octanol–water partition coefficient (Wildman–Crippen LogP) is 2.22. The van der Waals surface area contributed by atoms with E-state index < -0.39 is 0 Å². The van der Waals surface area contributed by atoms with E-state index in [0.717, 1.165) is 45.6 Å². The molecule has 2 aliphatic rings. The second-order valence-electron chi connectivity index (χ2n) is 8.97. The Morgan fingerprint density at radius 2 is 2.03 bits per heavy atom. The first-order chi connectivity index (χ1) is 14.1. The molecule has 1 N–H and O–H groups in total. The Kier molecular flexibility index (Phi) is 8.90. The van der Waals surface area contributed by atoms with Gasteiger partial charge in [-0.05, 0) is 77.0 Å². The van der Waals surface area contributed by atoms with E-state index in [4.69, 9.17) is 0 Å². The average Bonchev–Trinajstić information content (AvgIpc) is 2.74. The molecule has 1 aromatic heterocycles. The molecule has 0 saturated carbocycles. The molecule has 6 heteroatoms. The van der Waals surface area contributed by atoms with Crippen molar-refractivity contribution in [2.24, 2.45) is 5.92 Å². The van der Waals surface area contributed by atoms with Crippen molar-refractivity contribution in [2.75, 3.05) is 53.4 Å². The molecule has 0 aliphatic carbocycles. The van der Waals surface area contributed by atoms with Gasteiger partial charge in [0.15, 0.2) is 0 Å². The van der Waals surface area contributed by atoms with E-state index in [2.05, 4.69) is 45.2 Å². The van der Waals surface area contributed by atoms with E-state index in [1.54, 1.807) is 0 Å². The standard InChI is InChI=1S/C23H39N5O/c1-26(2)22-10-15-28(18-20-7-6-11-24-17-20)19-21(22)8-9-23(29)25-12-16-27-13-4-3-5-14-27/h6-7,11,17,21-22H,3-5,8-10,12-16,18-19H2,1-2H3,(H,25,29)/t21-,22+/m0/s1. The quantitative estimate of drug-likeness (QED) is 0.688. The minimum Gasteiger partial charge on any atom is -0.355 e. The molecule has 1 amide bonds. The predicted molar refractivity (Wildman–Crippen MR) is 118 cm³/mol. The maximum Gasteiger partial charge on any atom is 0.220 e. The number of rotatable bonds is 9. The van der Waals surface area contributed by atoms with Crippen LogP contribution in [-0.4, -0.2) is 85.0 Å². The number of aromatic nitrogens is 1. The Hall–Kier alpha value is -1.50. The van der Waals surface area contributed by atoms with Crippen LogP contribution < -0.4 is 5.32 Å². The lowest BCUT2D eigenvalue weighted by Crippen LogP contribution is -2.48. The molecule has 2 aliphatic heterocycles. The summed E-state index contributed by atoms with van der Waals surface area (Å²) in [6.07, 6.45) is 10.5. The van der Waals surface area contributed by atoms with Crippen molar-refractivity contribution in [1.29, 1.82) is 0 Å². The van der Waals surface area contributed by atoms with Gasteiger partial charge in [0.2, 0.25) is 5.91 Å². The van der Waals surface area contributed by atoms with E-state index >= 15 is 0 Å². The first-order valence-corrected chi connectivity index (χ1v) is 11.4. The fourth-order valence-electron chi connectivity index (χ4n) is 4.89. The van der Waals surface area contributed by atoms with Crippen LogP contribution in [0.25, 0.3) is 0 Å². The largest absolute Gasteiger partial charge is 0.355 e. The molecule has 2 atom stereocenters. The van der Waals surface area contributed by atoms with E-state index in [9.17, 15) is 4.79 Å². The number of likely N-dealkylation sites (tertiary alicyclic amines) is 2. The van der Waals surface area contributed by atoms with Crippen LogP contribution in [0.4, 0.5) is 0 Å². The molecule has 29 heavy (non-hydrogen) atoms. The van der Waals surface area contributed by atoms with Gasteiger partial charge in [0, 0.05) is 51.0 Å². The van der Waals surface area contributed by atoms with Crippen LogP contribution in [0.5, 0.6) is 0 Å². The van der Waals surface area contributed by atoms with Crippen LogP contribution in [0, 0.1) is 5.92 Å². The van der Waals surface area contributed by atoms with Gasteiger partial charge in [-0.3, -0.25) is 14.7 Å². The Morgan fingerprint density at radius 3 is 2.76 bits per heavy atom. The third-order valence-corrected chi connectivity index (χ3v) is 6.51. The topological polar surface area (TPSA) is 51.7 Å². The van der Waals surface area contributed by atoms with E-state index in [0.29, 0.717) is 18.4 Å². The molecule has 2 saturated heterocycles. The van der Waals surface area contributed by atoms with Gasteiger partial charge >= 0.3 is 0 Å². The van der Waals surface area contributed by atoms with Gasteiger partial charge in [0.1, 0.15) is 0 Å². The number of hydrogen-bond acceptors (Lipinski definition) is 5. The average molecular weight is 402 g/mol. The van der Waals surface area contributed by atoms with Crippen molar-refractivity contribution in [3.8, 4) is 0 Å². The van der Waals surface area contributed by atoms with E-state index in [-0.39, 0.29) is 5.91 Å². The lowest BCUT2D eigenvalue weighted by atomic mass is 9.87. The van der Waals surface area contributed by atoms with Gasteiger partial charge in [-0.15, -0.1) is 0 Å². The highest BCUT2D eigenvalue weighted by molar-refractivity contribution is 5.75. The second kappa shape index (κ2) is 11.6. The molecule has 0 aromatic carbocycles. The highest BCUT2D eigenvalue weighted by atomic mass is 16.1. The highest BCUT2D eigenvalue weighted by Crippen LogP contribution is 2.26. The second-order valence-corrected chi connectivity index (χ2v) is 8.97. The fourth-order valence-corrected chi connectivity index (χ4v) is 4.89. The molecule has 1 aromatic rings. The van der Waals surface area contributed by atoms with Crippen LogP contribution in [-0.2, 0) is 11.3 Å². The van der Waals surface area contributed by atoms with Crippen molar-refractivity contribution in [2.45, 2.75) is 51.1 Å². The van der Waals surface area contributed by atoms with Crippen molar-refractivity contribution < 1.29 is 4.79 Å². The van der Waals surface area contributed by atoms with E-state index in [1.165, 1.54) is 37.9 Å². The number of carbonyl (C=O) groups is 1. The normalized spacial score (nSPS) is 24.0. The molecule has 6 nitrogen and oxygen atoms in total. The maximum atomic E-state index is 12.4. The number of amides is 1. The minimum atomic E-state index is 0.212. The van der Waals surface area contributed by atoms with Gasteiger partial charge in [-0.2, -0.15) is 0 Å². The molecule has 0 bridgehead atoms. The van der Waals surface area contributed by atoms with Gasteiger partial charge in [-0.25, -0.2) is 0 Å². The third-order valence-electron chi connectivity index (χ3n) is 6.51. The molecule has 3 rings (SSSR count). The first-order valence-electron chi connectivity index (χ1n) is 11.4. The summed E-state index contributed by atoms with van der Waals surface area (Å²) in [4.78, 5) is 24.0. The Labute approximate surface area is 176 Å². The zero-order valence-electron chi connectivity index (χ0n) is 18.4. The zero-order chi connectivity index (χ0) is 20.5. The molecular weight excluding hydrogens is 362 g/mol. The third kappa shape index (κ3) is 7.36. The summed E-state index contributed by atoms with van der Waals surface area (Å²) in [5.41, 5.74) is 1.27. The number of piperidine rings is 2. The van der Waals surface area contributed by atoms with E-state index in [1.807, 2.05) is 18.5 Å². The molecular formula is C23H39N5O. The van der Waals surface area contributed by atoms with Crippen molar-refractivity contribution in [3.05, 3.63) is 30.1 Å². The van der Waals surface area contributed by atoms with Gasteiger partial charge in [0.25, 0.3) is 0 Å². The van der Waals surface area contributed by atoms with Crippen LogP contribution in [0.1, 0.15) is 44.1 Å². The van der Waals surface area contributed by atoms with Crippen LogP contribution in [0.15, 0.2) is 24.5 Å². The Balaban J connectivity index is 1.42. The number of nitrogens with one attached hydrogen (secondary N) is 1. The summed E-state index contributed by atoms with van der Waals surface area (Å²) in [6, 6.07) is 4.71. The number of carbonyl (C=O) groups excluding carboxylic acids is 1. The minimum absolute atomic E-state index is 0.212. The van der Waals surface area contributed by atoms with Gasteiger partial charge in [-0.1, -0.05) is 12.5 Å². The summed E-state index contributed by atoms with van der Waals surface area (Å²) in [5.74, 6) is 0.743. The molecule has 2 fully saturated rings. The summed E-state index contributed by atoms with van der Waals surface area (Å²) in [5, 5.41) is 3.15. The Morgan fingerprint density at radius 1 is 1.21 bits per heavy atom. The lowest BCUT2D eigenvalue weighted by molar-refractivity contribution is -0.121. The smallest absolute Gasteiger partial charge is 0.220 e. The summed E-state index contributed by atoms with van der Waals surface area (Å²) in [7, 11) is 4.35. The number of hydrogen-bond donors (Lipinski definition) is 1. The van der Waals surface area contributed by atoms with Gasteiger partial charge in [0.05, 0.1) is 0 Å². The zero-order valence-corrected chi connectivity index (χ0v) is 18.4. The highest BCUT2D eigenvalue weighted by Gasteiger charge is 2.30. The molecule has 0 radical (unpaired) electrons. The summed E-state index contributed by atoms with van der Waals surface area (Å²) in [6.45, 7) is 7.27. The first kappa shape index (κ1) is 22.2. The van der Waals surface area contributed by atoms with Crippen LogP contribution in [0.3, 0.4) is 0 Å². The van der Waals surface area contributed by atoms with Crippen molar-refractivity contribution in [3.63, 3.8) is 0 Å². The maximum absolute atomic E-state index is 12.4. The van der Waals surface area contributed by atoms with Crippen molar-refractivity contribution in [1.82, 2.24) is 25.0 Å². The summed E-state index contributed by atoms with van der Waals surface area (Å²) >= 11 is 0. The SMILES string of the molecule is CN(C)[C@@H]1CCN(Cc2cccnc2)C[C@@H]1CCC(=O)NCCN1CCCCC1. The monoisotopic (exact) mass is 401 g/mol. The molecule has 0 spiro atoms. The van der Waals surface area contributed by atoms with Gasteiger partial charge < -0.3 is 15.1 Å². The van der Waals surface area contributed by atoms with Crippen LogP contribution >= 0.6 is 0 Å². The molecule has 0 unspecified atom stereocenters. The van der Waals surface area contributed by atoms with Crippen LogP contribution in [0.2, 0.25) is 0 Å². The summed E-state index contributed by atoms with van der Waals surface area (Å²) < 4.78 is 0. The fraction of sp³-hybridized carbons (Fsp3) is 0.739. The number of nitrogens with zero attached hydrogens (tertiary/aromatic N) is 4. The Bertz CT molecular complexity index is 603. The number of pyridine rings is 1. The molecule has 162 valence electrons. The molecule has 3 heterocycles.